The highest BCUT2D eigenvalue weighted by Gasteiger charge is 2.35. The lowest BCUT2D eigenvalue weighted by Crippen LogP contribution is -2.55. The predicted molar refractivity (Wildman–Crippen MR) is 147 cm³/mol. The molecule has 2 aromatic carbocycles. The van der Waals surface area contributed by atoms with Crippen molar-refractivity contribution >= 4 is 36.4 Å². The number of nitrogens with one attached hydrogen (secondary N) is 2. The van der Waals surface area contributed by atoms with Crippen molar-refractivity contribution in [2.45, 2.75) is 51.7 Å². The fraction of sp³-hybridized carbons (Fsp3) is 0.393. The number of rotatable bonds is 9. The molecule has 0 aromatic heterocycles. The second-order valence-electron chi connectivity index (χ2n) is 9.19. The Balaban J connectivity index is 1.81. The molecule has 0 radical (unpaired) electrons. The molecule has 1 fully saturated rings. The van der Waals surface area contributed by atoms with E-state index in [1.807, 2.05) is 61.4 Å². The number of carbonyl (C=O) groups is 2. The first-order chi connectivity index (χ1) is 16.9. The predicted octanol–water partition coefficient (Wildman–Crippen LogP) is 4.39. The maximum absolute atomic E-state index is 13.5. The molecular weight excluding hydrogens is 456 g/mol. The van der Waals surface area contributed by atoms with Crippen LogP contribution in [-0.4, -0.2) is 54.6 Å². The summed E-state index contributed by atoms with van der Waals surface area (Å²) in [5.41, 5.74) is 3.90. The molecule has 1 aliphatic heterocycles. The lowest BCUT2D eigenvalue weighted by molar-refractivity contribution is -0.137. The Bertz CT molecular complexity index is 1070. The van der Waals surface area contributed by atoms with Gasteiger partial charge < -0.3 is 15.5 Å². The summed E-state index contributed by atoms with van der Waals surface area (Å²) < 4.78 is 0. The lowest BCUT2D eigenvalue weighted by Gasteiger charge is -2.30. The van der Waals surface area contributed by atoms with Crippen LogP contribution in [0.25, 0.3) is 16.8 Å². The van der Waals surface area contributed by atoms with E-state index in [0.717, 1.165) is 35.2 Å². The van der Waals surface area contributed by atoms with Crippen molar-refractivity contribution in [3.05, 3.63) is 65.6 Å². The molecule has 1 unspecified atom stereocenters. The second-order valence-corrected chi connectivity index (χ2v) is 9.44. The molecule has 6 nitrogen and oxygen atoms in total. The average molecular weight is 493 g/mol. The van der Waals surface area contributed by atoms with Crippen LogP contribution in [0.5, 0.6) is 0 Å². The van der Waals surface area contributed by atoms with Crippen LogP contribution in [0, 0.1) is 5.92 Å². The molecule has 2 N–H and O–H groups in total. The molecule has 35 heavy (non-hydrogen) atoms. The van der Waals surface area contributed by atoms with Crippen LogP contribution < -0.4 is 10.6 Å². The molecule has 0 spiro atoms. The van der Waals surface area contributed by atoms with Gasteiger partial charge in [0.05, 0.1) is 17.8 Å². The molecule has 2 aromatic rings. The summed E-state index contributed by atoms with van der Waals surface area (Å²) in [6.07, 6.45) is 3.58. The van der Waals surface area contributed by atoms with Crippen molar-refractivity contribution in [3.8, 4) is 11.1 Å². The Morgan fingerprint density at radius 2 is 1.77 bits per heavy atom. The van der Waals surface area contributed by atoms with E-state index in [0.29, 0.717) is 6.54 Å². The molecule has 1 heterocycles. The minimum Gasteiger partial charge on any atom is -0.343 e. The first-order valence-electron chi connectivity index (χ1n) is 12.2. The Morgan fingerprint density at radius 3 is 2.43 bits per heavy atom. The van der Waals surface area contributed by atoms with Gasteiger partial charge in [0.2, 0.25) is 11.8 Å². The number of nitrogens with zero attached hydrogens (tertiary/aromatic N) is 2. The topological polar surface area (TPSA) is 73.8 Å². The second kappa shape index (κ2) is 12.7. The number of likely N-dealkylation sites (N-methyl/N-ethyl adjacent to an activating group) is 1. The van der Waals surface area contributed by atoms with Gasteiger partial charge in [0.1, 0.15) is 6.04 Å². The van der Waals surface area contributed by atoms with Crippen molar-refractivity contribution < 1.29 is 9.59 Å². The van der Waals surface area contributed by atoms with E-state index in [1.165, 1.54) is 0 Å². The van der Waals surface area contributed by atoms with Gasteiger partial charge in [0, 0.05) is 18.3 Å². The molecule has 0 saturated carbocycles. The van der Waals surface area contributed by atoms with Gasteiger partial charge in [0.25, 0.3) is 0 Å². The number of aliphatic imine (C=N–C) groups is 1. The largest absolute Gasteiger partial charge is 0.343 e. The van der Waals surface area contributed by atoms with Crippen LogP contribution in [0.2, 0.25) is 0 Å². The Kier molecular flexibility index (Phi) is 9.69. The number of carbonyl (C=O) groups excluding carboxylic acids is 2. The molecule has 0 bridgehead atoms. The normalized spacial score (nSPS) is 18.2. The van der Waals surface area contributed by atoms with Gasteiger partial charge in [-0.3, -0.25) is 14.6 Å². The van der Waals surface area contributed by atoms with Crippen LogP contribution in [0.3, 0.4) is 0 Å². The van der Waals surface area contributed by atoms with Gasteiger partial charge in [-0.25, -0.2) is 0 Å². The molecule has 1 saturated heterocycles. The number of benzene rings is 2. The molecule has 3 rings (SSSR count). The third-order valence-electron chi connectivity index (χ3n) is 6.43. The van der Waals surface area contributed by atoms with E-state index in [2.05, 4.69) is 41.5 Å². The number of hydrogen-bond donors (Lipinski definition) is 3. The Labute approximate surface area is 214 Å². The number of hydrogen-bond acceptors (Lipinski definition) is 5. The summed E-state index contributed by atoms with van der Waals surface area (Å²) in [5.74, 6) is -0.271. The molecule has 7 heteroatoms. The molecular formula is C28H36N4O2S. The van der Waals surface area contributed by atoms with E-state index in [4.69, 9.17) is 4.99 Å². The van der Waals surface area contributed by atoms with Crippen molar-refractivity contribution in [2.24, 2.45) is 10.9 Å². The minimum atomic E-state index is -0.578. The van der Waals surface area contributed by atoms with Gasteiger partial charge in [-0.2, -0.15) is 0 Å². The van der Waals surface area contributed by atoms with Gasteiger partial charge in [-0.1, -0.05) is 68.4 Å². The Morgan fingerprint density at radius 1 is 1.09 bits per heavy atom. The maximum Gasteiger partial charge on any atom is 0.245 e. The minimum absolute atomic E-state index is 0.0284. The fourth-order valence-corrected chi connectivity index (χ4v) is 4.44. The third kappa shape index (κ3) is 6.61. The van der Waals surface area contributed by atoms with Crippen molar-refractivity contribution in [1.29, 1.82) is 0 Å². The van der Waals surface area contributed by atoms with E-state index < -0.39 is 6.04 Å². The van der Waals surface area contributed by atoms with Crippen LogP contribution in [-0.2, 0) is 9.59 Å². The van der Waals surface area contributed by atoms with Gasteiger partial charge in [0.15, 0.2) is 0 Å². The maximum atomic E-state index is 13.5. The highest BCUT2D eigenvalue weighted by molar-refractivity contribution is 7.83. The summed E-state index contributed by atoms with van der Waals surface area (Å²) in [6.45, 7) is 6.33. The number of amides is 2. The van der Waals surface area contributed by atoms with Gasteiger partial charge in [-0.05, 0) is 49.3 Å². The van der Waals surface area contributed by atoms with E-state index in [-0.39, 0.29) is 29.8 Å². The van der Waals surface area contributed by atoms with E-state index >= 15 is 0 Å². The summed E-state index contributed by atoms with van der Waals surface area (Å²) in [7, 11) is 1.73. The zero-order valence-electron chi connectivity index (χ0n) is 20.9. The zero-order valence-corrected chi connectivity index (χ0v) is 21.8. The molecule has 3 atom stereocenters. The van der Waals surface area contributed by atoms with Crippen LogP contribution in [0.15, 0.2) is 65.0 Å². The summed E-state index contributed by atoms with van der Waals surface area (Å²) in [4.78, 5) is 32.6. The first-order valence-corrected chi connectivity index (χ1v) is 12.7. The third-order valence-corrected chi connectivity index (χ3v) is 6.68. The van der Waals surface area contributed by atoms with Crippen LogP contribution >= 0.6 is 12.6 Å². The van der Waals surface area contributed by atoms with Crippen molar-refractivity contribution in [1.82, 2.24) is 15.5 Å². The average Bonchev–Trinajstić information content (AvgIpc) is 3.36. The van der Waals surface area contributed by atoms with Crippen LogP contribution in [0.1, 0.15) is 39.2 Å². The van der Waals surface area contributed by atoms with Crippen molar-refractivity contribution in [3.63, 3.8) is 0 Å². The van der Waals surface area contributed by atoms with Crippen LogP contribution in [0.4, 0.5) is 0 Å². The number of thiol groups is 1. The monoisotopic (exact) mass is 492 g/mol. The van der Waals surface area contributed by atoms with Gasteiger partial charge >= 0.3 is 0 Å². The number of likely N-dealkylation sites (tertiary alicyclic amines) is 1. The smallest absolute Gasteiger partial charge is 0.245 e. The summed E-state index contributed by atoms with van der Waals surface area (Å²) in [6, 6.07) is 17.2. The quantitative estimate of drug-likeness (QED) is 0.359. The summed E-state index contributed by atoms with van der Waals surface area (Å²) >= 11 is 4.44. The van der Waals surface area contributed by atoms with E-state index in [1.54, 1.807) is 19.4 Å². The zero-order chi connectivity index (χ0) is 25.4. The summed E-state index contributed by atoms with van der Waals surface area (Å²) in [5, 5.41) is 7.56. The molecule has 1 aliphatic rings. The van der Waals surface area contributed by atoms with Crippen molar-refractivity contribution in [2.75, 3.05) is 13.6 Å². The van der Waals surface area contributed by atoms with E-state index in [9.17, 15) is 9.59 Å². The highest BCUT2D eigenvalue weighted by Crippen LogP contribution is 2.30. The SMILES string of the molecule is CN[C@@H](C)C(=O)NC(C(=O)N1CCC[C@H]1C=N/C(=C\S)c1ccccc1-c1ccccc1)C(C)C. The molecule has 2 amide bonds. The Hall–Kier alpha value is -2.90. The first kappa shape index (κ1) is 26.7. The lowest BCUT2D eigenvalue weighted by atomic mass is 9.98. The standard InChI is InChI=1S/C28H36N4O2S/c1-19(2)26(31-27(33)20(3)29-4)28(34)32-16-10-13-22(32)17-30-25(18-35)24-15-9-8-14-23(24)21-11-6-5-7-12-21/h5-9,11-12,14-15,17-20,22,26,29,35H,10,13,16H2,1-4H3,(H,31,33)/b25-18-,30-17?/t20-,22-,26?/m0/s1. The fourth-order valence-electron chi connectivity index (χ4n) is 4.24. The van der Waals surface area contributed by atoms with Gasteiger partial charge in [-0.15, -0.1) is 12.6 Å². The molecule has 186 valence electrons. The highest BCUT2D eigenvalue weighted by atomic mass is 32.1. The molecule has 0 aliphatic carbocycles.